The molecular formula is C19H14N4O3S. The van der Waals surface area contributed by atoms with E-state index >= 15 is 0 Å². The minimum Gasteiger partial charge on any atom is -0.300 e. The summed E-state index contributed by atoms with van der Waals surface area (Å²) in [5.74, 6) is -1.40. The molecule has 0 saturated carbocycles. The summed E-state index contributed by atoms with van der Waals surface area (Å²) < 4.78 is 0. The molecule has 0 aliphatic carbocycles. The molecule has 3 aromatic rings. The Morgan fingerprint density at radius 1 is 1.11 bits per heavy atom. The summed E-state index contributed by atoms with van der Waals surface area (Å²) in [5.41, 5.74) is 2.16. The van der Waals surface area contributed by atoms with Crippen LogP contribution in [0.3, 0.4) is 0 Å². The molecule has 0 radical (unpaired) electrons. The maximum absolute atomic E-state index is 12.6. The highest BCUT2D eigenvalue weighted by molar-refractivity contribution is 7.14. The van der Waals surface area contributed by atoms with E-state index in [1.165, 1.54) is 18.3 Å². The molecule has 1 unspecified atom stereocenters. The van der Waals surface area contributed by atoms with Gasteiger partial charge < -0.3 is 5.32 Å². The number of fused-ring (bicyclic) bond motifs is 1. The molecule has 4 rings (SSSR count). The Bertz CT molecular complexity index is 1010. The Morgan fingerprint density at radius 2 is 1.81 bits per heavy atom. The minimum atomic E-state index is -0.955. The maximum atomic E-state index is 12.6. The molecule has 1 aromatic carbocycles. The Hall–Kier alpha value is -3.39. The Labute approximate surface area is 158 Å². The first-order valence-corrected chi connectivity index (χ1v) is 9.08. The summed E-state index contributed by atoms with van der Waals surface area (Å²) in [6.45, 7) is 1.52. The van der Waals surface area contributed by atoms with Crippen LogP contribution < -0.4 is 5.32 Å². The van der Waals surface area contributed by atoms with E-state index in [0.717, 1.165) is 10.5 Å². The van der Waals surface area contributed by atoms with E-state index in [1.54, 1.807) is 48.1 Å². The standard InChI is InChI=1S/C19H14N4O3S/c1-11(23-17(25)13-6-2-3-7-14(13)18(23)26)16(24)22-19-21-15(10-27-19)12-5-4-8-20-9-12/h2-11H,1H3,(H,21,22,24). The van der Waals surface area contributed by atoms with Crippen molar-refractivity contribution in [2.75, 3.05) is 5.32 Å². The first-order valence-electron chi connectivity index (χ1n) is 8.20. The molecule has 0 saturated heterocycles. The number of amides is 3. The molecule has 7 nitrogen and oxygen atoms in total. The summed E-state index contributed by atoms with van der Waals surface area (Å²) in [4.78, 5) is 47.0. The largest absolute Gasteiger partial charge is 0.300 e. The first-order chi connectivity index (χ1) is 13.1. The van der Waals surface area contributed by atoms with E-state index in [2.05, 4.69) is 15.3 Å². The van der Waals surface area contributed by atoms with Gasteiger partial charge in [-0.1, -0.05) is 12.1 Å². The zero-order valence-electron chi connectivity index (χ0n) is 14.2. The number of carbonyl (C=O) groups excluding carboxylic acids is 3. The number of rotatable bonds is 4. The molecular weight excluding hydrogens is 364 g/mol. The van der Waals surface area contributed by atoms with Gasteiger partial charge in [-0.05, 0) is 31.2 Å². The number of benzene rings is 1. The van der Waals surface area contributed by atoms with Crippen LogP contribution in [-0.4, -0.2) is 38.6 Å². The summed E-state index contributed by atoms with van der Waals surface area (Å²) in [7, 11) is 0. The van der Waals surface area contributed by atoms with Crippen molar-refractivity contribution in [1.29, 1.82) is 0 Å². The normalized spacial score (nSPS) is 14.2. The Kier molecular flexibility index (Phi) is 4.25. The lowest BCUT2D eigenvalue weighted by Gasteiger charge is -2.21. The number of hydrogen-bond acceptors (Lipinski definition) is 6. The number of nitrogens with zero attached hydrogens (tertiary/aromatic N) is 3. The zero-order chi connectivity index (χ0) is 19.0. The summed E-state index contributed by atoms with van der Waals surface area (Å²) in [5, 5.41) is 4.87. The van der Waals surface area contributed by atoms with E-state index in [4.69, 9.17) is 0 Å². The average molecular weight is 378 g/mol. The fraction of sp³-hybridized carbons (Fsp3) is 0.105. The van der Waals surface area contributed by atoms with Crippen LogP contribution in [-0.2, 0) is 4.79 Å². The number of imide groups is 1. The van der Waals surface area contributed by atoms with Gasteiger partial charge in [0, 0.05) is 23.3 Å². The van der Waals surface area contributed by atoms with E-state index in [1.807, 2.05) is 6.07 Å². The van der Waals surface area contributed by atoms with E-state index in [9.17, 15) is 14.4 Å². The molecule has 0 bridgehead atoms. The smallest absolute Gasteiger partial charge is 0.262 e. The van der Waals surface area contributed by atoms with E-state index < -0.39 is 23.8 Å². The van der Waals surface area contributed by atoms with Crippen LogP contribution in [0, 0.1) is 0 Å². The van der Waals surface area contributed by atoms with Crippen LogP contribution in [0.1, 0.15) is 27.6 Å². The van der Waals surface area contributed by atoms with Crippen LogP contribution in [0.4, 0.5) is 5.13 Å². The highest BCUT2D eigenvalue weighted by Crippen LogP contribution is 2.27. The zero-order valence-corrected chi connectivity index (χ0v) is 15.1. The molecule has 1 aliphatic rings. The third kappa shape index (κ3) is 3.00. The van der Waals surface area contributed by atoms with Crippen molar-refractivity contribution in [2.24, 2.45) is 0 Å². The molecule has 8 heteroatoms. The second-order valence-electron chi connectivity index (χ2n) is 5.97. The Balaban J connectivity index is 1.50. The molecule has 3 amide bonds. The topological polar surface area (TPSA) is 92.3 Å². The van der Waals surface area contributed by atoms with Crippen LogP contribution in [0.5, 0.6) is 0 Å². The molecule has 134 valence electrons. The second-order valence-corrected chi connectivity index (χ2v) is 6.83. The maximum Gasteiger partial charge on any atom is 0.262 e. The number of nitrogens with one attached hydrogen (secondary N) is 1. The van der Waals surface area contributed by atoms with Crippen LogP contribution >= 0.6 is 11.3 Å². The van der Waals surface area contributed by atoms with Crippen LogP contribution in [0.25, 0.3) is 11.3 Å². The molecule has 3 heterocycles. The SMILES string of the molecule is CC(C(=O)Nc1nc(-c2cccnc2)cs1)N1C(=O)c2ccccc2C1=O. The lowest BCUT2D eigenvalue weighted by atomic mass is 10.1. The monoisotopic (exact) mass is 378 g/mol. The molecule has 2 aromatic heterocycles. The van der Waals surface area contributed by atoms with Crippen LogP contribution in [0.2, 0.25) is 0 Å². The van der Waals surface area contributed by atoms with Gasteiger partial charge in [-0.3, -0.25) is 24.3 Å². The number of pyridine rings is 1. The van der Waals surface area contributed by atoms with Gasteiger partial charge in [0.15, 0.2) is 5.13 Å². The minimum absolute atomic E-state index is 0.315. The van der Waals surface area contributed by atoms with Crippen molar-refractivity contribution in [3.8, 4) is 11.3 Å². The van der Waals surface area contributed by atoms with Crippen molar-refractivity contribution >= 4 is 34.2 Å². The van der Waals surface area contributed by atoms with Gasteiger partial charge in [0.05, 0.1) is 16.8 Å². The van der Waals surface area contributed by atoms with Gasteiger partial charge in [-0.15, -0.1) is 11.3 Å². The molecule has 1 N–H and O–H groups in total. The number of aromatic nitrogens is 2. The fourth-order valence-electron chi connectivity index (χ4n) is 2.86. The van der Waals surface area contributed by atoms with Crippen molar-refractivity contribution in [2.45, 2.75) is 13.0 Å². The van der Waals surface area contributed by atoms with E-state index in [0.29, 0.717) is 22.0 Å². The molecule has 0 fully saturated rings. The lowest BCUT2D eigenvalue weighted by molar-refractivity contribution is -0.119. The van der Waals surface area contributed by atoms with E-state index in [-0.39, 0.29) is 0 Å². The molecule has 1 aliphatic heterocycles. The molecule has 27 heavy (non-hydrogen) atoms. The van der Waals surface area contributed by atoms with Crippen molar-refractivity contribution in [3.05, 3.63) is 65.3 Å². The summed E-state index contributed by atoms with van der Waals surface area (Å²) >= 11 is 1.26. The number of thiazole rings is 1. The van der Waals surface area contributed by atoms with Gasteiger partial charge in [0.25, 0.3) is 11.8 Å². The molecule has 1 atom stereocenters. The van der Waals surface area contributed by atoms with Gasteiger partial charge in [0.1, 0.15) is 6.04 Å². The average Bonchev–Trinajstić information content (AvgIpc) is 3.26. The van der Waals surface area contributed by atoms with Gasteiger partial charge in [-0.25, -0.2) is 4.98 Å². The fourth-order valence-corrected chi connectivity index (χ4v) is 3.59. The number of carbonyl (C=O) groups is 3. The van der Waals surface area contributed by atoms with Crippen molar-refractivity contribution < 1.29 is 14.4 Å². The van der Waals surface area contributed by atoms with Crippen LogP contribution in [0.15, 0.2) is 54.2 Å². The van der Waals surface area contributed by atoms with Gasteiger partial charge in [0.2, 0.25) is 5.91 Å². The molecule has 0 spiro atoms. The summed E-state index contributed by atoms with van der Waals surface area (Å²) in [6.07, 6.45) is 3.35. The third-order valence-corrected chi connectivity index (χ3v) is 5.04. The van der Waals surface area contributed by atoms with Gasteiger partial charge in [-0.2, -0.15) is 0 Å². The quantitative estimate of drug-likeness (QED) is 0.705. The first kappa shape index (κ1) is 17.0. The highest BCUT2D eigenvalue weighted by Gasteiger charge is 2.40. The highest BCUT2D eigenvalue weighted by atomic mass is 32.1. The second kappa shape index (κ2) is 6.73. The van der Waals surface area contributed by atoms with Gasteiger partial charge >= 0.3 is 0 Å². The number of anilines is 1. The predicted octanol–water partition coefficient (Wildman–Crippen LogP) is 2.83. The van der Waals surface area contributed by atoms with Crippen molar-refractivity contribution in [3.63, 3.8) is 0 Å². The summed E-state index contributed by atoms with van der Waals surface area (Å²) in [6, 6.07) is 9.26. The lowest BCUT2D eigenvalue weighted by Crippen LogP contribution is -2.45. The Morgan fingerprint density at radius 3 is 2.44 bits per heavy atom. The predicted molar refractivity (Wildman–Crippen MR) is 100 cm³/mol. The van der Waals surface area contributed by atoms with Crippen molar-refractivity contribution in [1.82, 2.24) is 14.9 Å². The number of hydrogen-bond donors (Lipinski definition) is 1. The third-order valence-electron chi connectivity index (χ3n) is 4.28.